The van der Waals surface area contributed by atoms with Gasteiger partial charge in [-0.05, 0) is 44.1 Å². The zero-order valence-corrected chi connectivity index (χ0v) is 15.8. The van der Waals surface area contributed by atoms with Crippen LogP contribution in [0, 0.1) is 11.8 Å². The van der Waals surface area contributed by atoms with E-state index in [0.29, 0.717) is 11.7 Å². The van der Waals surface area contributed by atoms with Crippen molar-refractivity contribution in [2.45, 2.75) is 51.1 Å². The molecule has 0 bridgehead atoms. The molecule has 7 heteroatoms. The van der Waals surface area contributed by atoms with Crippen molar-refractivity contribution in [3.05, 3.63) is 30.5 Å². The van der Waals surface area contributed by atoms with Crippen LogP contribution in [-0.4, -0.2) is 33.7 Å². The first kappa shape index (κ1) is 17.8. The number of carbonyl (C=O) groups excluding carboxylic acids is 2. The Morgan fingerprint density at radius 2 is 1.93 bits per heavy atom. The van der Waals surface area contributed by atoms with Crippen LogP contribution in [0.3, 0.4) is 0 Å². The topological polar surface area (TPSA) is 89.2 Å². The van der Waals surface area contributed by atoms with E-state index in [2.05, 4.69) is 22.7 Å². The highest BCUT2D eigenvalue weighted by molar-refractivity contribution is 5.98. The number of furan rings is 1. The van der Waals surface area contributed by atoms with Gasteiger partial charge in [0, 0.05) is 42.4 Å². The Hall–Kier alpha value is -2.57. The van der Waals surface area contributed by atoms with Crippen LogP contribution in [0.15, 0.2) is 29.1 Å². The van der Waals surface area contributed by atoms with Gasteiger partial charge in [-0.15, -0.1) is 0 Å². The highest BCUT2D eigenvalue weighted by Crippen LogP contribution is 2.33. The molecule has 27 heavy (non-hydrogen) atoms. The Morgan fingerprint density at radius 1 is 1.19 bits per heavy atom. The van der Waals surface area contributed by atoms with Gasteiger partial charge in [0.2, 0.25) is 5.91 Å². The lowest BCUT2D eigenvalue weighted by molar-refractivity contribution is -0.129. The van der Waals surface area contributed by atoms with Gasteiger partial charge in [-0.2, -0.15) is 5.10 Å². The van der Waals surface area contributed by atoms with Crippen LogP contribution in [0.25, 0.3) is 11.1 Å². The predicted molar refractivity (Wildman–Crippen MR) is 99.8 cm³/mol. The fourth-order valence-corrected chi connectivity index (χ4v) is 4.20. The Morgan fingerprint density at radius 3 is 2.59 bits per heavy atom. The van der Waals surface area contributed by atoms with Gasteiger partial charge >= 0.3 is 0 Å². The summed E-state index contributed by atoms with van der Waals surface area (Å²) < 4.78 is 7.13. The Balaban J connectivity index is 1.32. The maximum atomic E-state index is 12.7. The number of rotatable bonds is 5. The zero-order valence-electron chi connectivity index (χ0n) is 15.8. The molecular formula is C20H26N4O3. The largest absolute Gasteiger partial charge is 0.459 e. The van der Waals surface area contributed by atoms with Gasteiger partial charge < -0.3 is 15.1 Å². The second-order valence-corrected chi connectivity index (χ2v) is 8.03. The number of amides is 2. The lowest BCUT2D eigenvalue weighted by Gasteiger charge is -2.32. The number of nitrogens with one attached hydrogen (secondary N) is 2. The zero-order chi connectivity index (χ0) is 19.0. The van der Waals surface area contributed by atoms with Crippen LogP contribution >= 0.6 is 0 Å². The number of aromatic nitrogens is 2. The van der Waals surface area contributed by atoms with Gasteiger partial charge in [0.1, 0.15) is 0 Å². The Kier molecular flexibility index (Phi) is 4.76. The first-order valence-electron chi connectivity index (χ1n) is 9.67. The molecule has 2 aliphatic rings. The molecule has 0 radical (unpaired) electrons. The summed E-state index contributed by atoms with van der Waals surface area (Å²) in [7, 11) is 1.83. The summed E-state index contributed by atoms with van der Waals surface area (Å²) in [5.74, 6) is 1.11. The van der Waals surface area contributed by atoms with Gasteiger partial charge in [-0.3, -0.25) is 14.3 Å². The highest BCUT2D eigenvalue weighted by atomic mass is 16.3. The van der Waals surface area contributed by atoms with Crippen LogP contribution in [0.4, 0.5) is 0 Å². The molecule has 2 aromatic heterocycles. The number of nitrogens with zero attached hydrogens (tertiary/aromatic N) is 2. The monoisotopic (exact) mass is 370 g/mol. The first-order valence-corrected chi connectivity index (χ1v) is 9.67. The fraction of sp³-hybridized carbons (Fsp3) is 0.550. The molecule has 2 saturated carbocycles. The minimum absolute atomic E-state index is 0.0509. The van der Waals surface area contributed by atoms with Gasteiger partial charge in [0.05, 0.1) is 12.5 Å². The number of aryl methyl sites for hydroxylation is 1. The van der Waals surface area contributed by atoms with E-state index in [1.807, 2.05) is 13.2 Å². The summed E-state index contributed by atoms with van der Waals surface area (Å²) in [6.07, 6.45) is 9.60. The molecule has 0 aromatic carbocycles. The summed E-state index contributed by atoms with van der Waals surface area (Å²) in [4.78, 5) is 24.9. The summed E-state index contributed by atoms with van der Waals surface area (Å²) in [6.45, 7) is 2.18. The summed E-state index contributed by atoms with van der Waals surface area (Å²) in [5, 5.41) is 10.4. The molecule has 2 atom stereocenters. The minimum atomic E-state index is -0.219. The van der Waals surface area contributed by atoms with Gasteiger partial charge in [-0.25, -0.2) is 0 Å². The van der Waals surface area contributed by atoms with Gasteiger partial charge in [0.25, 0.3) is 5.91 Å². The molecule has 0 spiro atoms. The summed E-state index contributed by atoms with van der Waals surface area (Å²) in [6, 6.07) is 1.98. The van der Waals surface area contributed by atoms with Crippen molar-refractivity contribution in [2.24, 2.45) is 18.9 Å². The van der Waals surface area contributed by atoms with E-state index in [1.54, 1.807) is 16.9 Å². The maximum Gasteiger partial charge on any atom is 0.287 e. The van der Waals surface area contributed by atoms with E-state index in [4.69, 9.17) is 4.42 Å². The van der Waals surface area contributed by atoms with Crippen LogP contribution in [-0.2, 0) is 11.8 Å². The third-order valence-electron chi connectivity index (χ3n) is 5.75. The fourth-order valence-electron chi connectivity index (χ4n) is 4.20. The number of hydrogen-bond donors (Lipinski definition) is 2. The van der Waals surface area contributed by atoms with Crippen LogP contribution in [0.1, 0.15) is 49.6 Å². The van der Waals surface area contributed by atoms with Crippen LogP contribution < -0.4 is 10.6 Å². The van der Waals surface area contributed by atoms with Crippen molar-refractivity contribution >= 4 is 11.8 Å². The van der Waals surface area contributed by atoms with Crippen molar-refractivity contribution < 1.29 is 14.0 Å². The SMILES string of the molecule is CC1CC(C(=O)N[C@@H]2CC[C@H](NC(=O)c3occc3-c3cnn(C)c3)C2)C1. The van der Waals surface area contributed by atoms with Crippen molar-refractivity contribution in [3.8, 4) is 11.1 Å². The molecule has 0 saturated heterocycles. The maximum absolute atomic E-state index is 12.7. The minimum Gasteiger partial charge on any atom is -0.459 e. The standard InChI is InChI=1S/C20H26N4O3/c1-12-7-13(8-12)19(25)22-15-3-4-16(9-15)23-20(26)18-17(5-6-27-18)14-10-21-24(2)11-14/h5-6,10-13,15-16H,3-4,7-9H2,1-2H3,(H,22,25)(H,23,26)/t12?,13?,15-,16+/m1/s1. The average molecular weight is 370 g/mol. The molecule has 4 rings (SSSR count). The molecule has 2 heterocycles. The predicted octanol–water partition coefficient (Wildman–Crippen LogP) is 2.49. The van der Waals surface area contributed by atoms with E-state index in [-0.39, 0.29) is 29.8 Å². The third kappa shape index (κ3) is 3.77. The van der Waals surface area contributed by atoms with Crippen molar-refractivity contribution in [1.82, 2.24) is 20.4 Å². The molecule has 2 fully saturated rings. The van der Waals surface area contributed by atoms with Crippen LogP contribution in [0.5, 0.6) is 0 Å². The lowest BCUT2D eigenvalue weighted by Crippen LogP contribution is -2.43. The normalized spacial score (nSPS) is 27.2. The molecule has 2 N–H and O–H groups in total. The molecule has 0 unspecified atom stereocenters. The molecule has 2 aromatic rings. The number of hydrogen-bond acceptors (Lipinski definition) is 4. The van der Waals surface area contributed by atoms with Gasteiger partial charge in [0.15, 0.2) is 5.76 Å². The van der Waals surface area contributed by atoms with E-state index in [1.165, 1.54) is 6.26 Å². The molecular weight excluding hydrogens is 344 g/mol. The van der Waals surface area contributed by atoms with E-state index >= 15 is 0 Å². The second-order valence-electron chi connectivity index (χ2n) is 8.03. The third-order valence-corrected chi connectivity index (χ3v) is 5.75. The quantitative estimate of drug-likeness (QED) is 0.846. The van der Waals surface area contributed by atoms with E-state index in [0.717, 1.165) is 43.2 Å². The van der Waals surface area contributed by atoms with Crippen molar-refractivity contribution in [3.63, 3.8) is 0 Å². The average Bonchev–Trinajstić information content (AvgIpc) is 3.32. The molecule has 144 valence electrons. The van der Waals surface area contributed by atoms with Crippen molar-refractivity contribution in [1.29, 1.82) is 0 Å². The molecule has 7 nitrogen and oxygen atoms in total. The Bertz CT molecular complexity index is 834. The van der Waals surface area contributed by atoms with Gasteiger partial charge in [-0.1, -0.05) is 6.92 Å². The molecule has 2 aliphatic carbocycles. The summed E-state index contributed by atoms with van der Waals surface area (Å²) >= 11 is 0. The van der Waals surface area contributed by atoms with E-state index < -0.39 is 0 Å². The van der Waals surface area contributed by atoms with Crippen molar-refractivity contribution in [2.75, 3.05) is 0 Å². The summed E-state index contributed by atoms with van der Waals surface area (Å²) in [5.41, 5.74) is 1.59. The molecule has 2 amide bonds. The first-order chi connectivity index (χ1) is 13.0. The molecule has 0 aliphatic heterocycles. The van der Waals surface area contributed by atoms with E-state index in [9.17, 15) is 9.59 Å². The lowest BCUT2D eigenvalue weighted by atomic mass is 9.75. The second kappa shape index (κ2) is 7.21. The van der Waals surface area contributed by atoms with Crippen LogP contribution in [0.2, 0.25) is 0 Å². The smallest absolute Gasteiger partial charge is 0.287 e. The Labute approximate surface area is 158 Å². The number of carbonyl (C=O) groups is 2. The highest BCUT2D eigenvalue weighted by Gasteiger charge is 2.34.